The Morgan fingerprint density at radius 3 is 2.93 bits per heavy atom. The predicted molar refractivity (Wildman–Crippen MR) is 107 cm³/mol. The molecule has 5 nitrogen and oxygen atoms in total. The highest BCUT2D eigenvalue weighted by molar-refractivity contribution is 6.05. The zero-order chi connectivity index (χ0) is 19.2. The molecule has 1 aromatic rings. The maximum absolute atomic E-state index is 11.7. The summed E-state index contributed by atoms with van der Waals surface area (Å²) in [6.45, 7) is 6.36. The average Bonchev–Trinajstić information content (AvgIpc) is 3.00. The van der Waals surface area contributed by atoms with Gasteiger partial charge in [0.15, 0.2) is 0 Å². The lowest BCUT2D eigenvalue weighted by Gasteiger charge is -2.50. The molecule has 3 aliphatic rings. The van der Waals surface area contributed by atoms with E-state index in [4.69, 9.17) is 14.5 Å². The van der Waals surface area contributed by atoms with E-state index in [2.05, 4.69) is 18.7 Å². The first-order valence-corrected chi connectivity index (χ1v) is 9.95. The number of ether oxygens (including phenoxy) is 2. The summed E-state index contributed by atoms with van der Waals surface area (Å²) < 4.78 is 10.9. The molecular weight excluding hydrogens is 340 g/mol. The fourth-order valence-electron chi connectivity index (χ4n) is 5.37. The second kappa shape index (κ2) is 6.95. The molecule has 4 atom stereocenters. The highest BCUT2D eigenvalue weighted by atomic mass is 16.5. The first-order valence-electron chi connectivity index (χ1n) is 9.95. The van der Waals surface area contributed by atoms with Crippen molar-refractivity contribution in [2.24, 2.45) is 16.8 Å². The molecule has 1 N–H and O–H groups in total. The van der Waals surface area contributed by atoms with Gasteiger partial charge in [-0.05, 0) is 49.3 Å². The van der Waals surface area contributed by atoms with Crippen molar-refractivity contribution in [2.75, 3.05) is 27.3 Å². The standard InChI is InChI=1S/C22H30N2O3/c1-5-15-12-24-10-9-22(25)20-17(7-6-8-19(20)27-4)23-21(22)18(24)11-16(15)14(2)13-26-3/h6-8,13,15-16,18,25H,5,9-12H2,1-4H3/b14-13-/t15-,16-,18-,22-/m1/s1. The minimum absolute atomic E-state index is 0.161. The molecule has 0 unspecified atom stereocenters. The molecule has 0 aromatic heterocycles. The van der Waals surface area contributed by atoms with Crippen LogP contribution in [0.4, 0.5) is 5.69 Å². The third kappa shape index (κ3) is 2.79. The van der Waals surface area contributed by atoms with Crippen LogP contribution in [-0.2, 0) is 10.3 Å². The zero-order valence-electron chi connectivity index (χ0n) is 16.7. The Hall–Kier alpha value is -1.85. The molecule has 27 heavy (non-hydrogen) atoms. The maximum Gasteiger partial charge on any atom is 0.136 e. The van der Waals surface area contributed by atoms with Crippen molar-refractivity contribution >= 4 is 11.4 Å². The Balaban J connectivity index is 1.71. The molecule has 3 aliphatic heterocycles. The summed E-state index contributed by atoms with van der Waals surface area (Å²) in [6.07, 6.45) is 4.67. The number of nitrogens with zero attached hydrogens (tertiary/aromatic N) is 2. The van der Waals surface area contributed by atoms with Crippen LogP contribution in [0.1, 0.15) is 38.7 Å². The van der Waals surface area contributed by atoms with Gasteiger partial charge >= 0.3 is 0 Å². The van der Waals surface area contributed by atoms with Gasteiger partial charge in [-0.15, -0.1) is 0 Å². The Kier molecular flexibility index (Phi) is 4.77. The van der Waals surface area contributed by atoms with Gasteiger partial charge in [-0.2, -0.15) is 0 Å². The molecular formula is C22H30N2O3. The fraction of sp³-hybridized carbons (Fsp3) is 0.591. The van der Waals surface area contributed by atoms with Gasteiger partial charge in [0.25, 0.3) is 0 Å². The van der Waals surface area contributed by atoms with Gasteiger partial charge in [0, 0.05) is 13.1 Å². The minimum atomic E-state index is -1.01. The molecule has 0 radical (unpaired) electrons. The molecule has 0 amide bonds. The van der Waals surface area contributed by atoms with Crippen LogP contribution in [-0.4, -0.2) is 49.1 Å². The van der Waals surface area contributed by atoms with Gasteiger partial charge in [0.05, 0.1) is 43.5 Å². The number of allylic oxidation sites excluding steroid dienone is 1. The smallest absolute Gasteiger partial charge is 0.136 e. The van der Waals surface area contributed by atoms with Crippen molar-refractivity contribution in [1.29, 1.82) is 0 Å². The second-order valence-electron chi connectivity index (χ2n) is 8.08. The van der Waals surface area contributed by atoms with Crippen LogP contribution < -0.4 is 4.74 Å². The fourth-order valence-corrected chi connectivity index (χ4v) is 5.37. The number of benzene rings is 1. The van der Waals surface area contributed by atoms with Crippen LogP contribution in [0, 0.1) is 11.8 Å². The van der Waals surface area contributed by atoms with Gasteiger partial charge in [0.1, 0.15) is 11.4 Å². The van der Waals surface area contributed by atoms with Crippen LogP contribution in [0.25, 0.3) is 0 Å². The van der Waals surface area contributed by atoms with E-state index in [1.165, 1.54) is 5.57 Å². The Morgan fingerprint density at radius 2 is 2.22 bits per heavy atom. The van der Waals surface area contributed by atoms with E-state index in [1.807, 2.05) is 24.5 Å². The minimum Gasteiger partial charge on any atom is -0.504 e. The quantitative estimate of drug-likeness (QED) is 0.822. The number of aliphatic hydroxyl groups is 1. The van der Waals surface area contributed by atoms with Crippen LogP contribution in [0.2, 0.25) is 0 Å². The maximum atomic E-state index is 11.7. The lowest BCUT2D eigenvalue weighted by Crippen LogP contribution is -2.60. The largest absolute Gasteiger partial charge is 0.504 e. The van der Waals surface area contributed by atoms with E-state index in [1.54, 1.807) is 14.2 Å². The molecule has 0 bridgehead atoms. The number of fused-ring (bicyclic) bond motifs is 5. The molecule has 4 rings (SSSR count). The van der Waals surface area contributed by atoms with Crippen molar-refractivity contribution in [3.63, 3.8) is 0 Å². The lowest BCUT2D eigenvalue weighted by molar-refractivity contribution is 0.0176. The summed E-state index contributed by atoms with van der Waals surface area (Å²) in [5.74, 6) is 1.79. The average molecular weight is 370 g/mol. The Bertz CT molecular complexity index is 788. The van der Waals surface area contributed by atoms with Crippen molar-refractivity contribution in [3.05, 3.63) is 35.6 Å². The lowest BCUT2D eigenvalue weighted by atomic mass is 9.70. The number of methoxy groups -OCH3 is 2. The molecule has 0 saturated carbocycles. The number of aliphatic imine (C=N–C) groups is 1. The van der Waals surface area contributed by atoms with Crippen molar-refractivity contribution in [3.8, 4) is 5.75 Å². The van der Waals surface area contributed by atoms with Gasteiger partial charge < -0.3 is 14.6 Å². The highest BCUT2D eigenvalue weighted by Gasteiger charge is 2.53. The van der Waals surface area contributed by atoms with Crippen LogP contribution in [0.15, 0.2) is 35.0 Å². The van der Waals surface area contributed by atoms with E-state index in [0.29, 0.717) is 18.3 Å². The van der Waals surface area contributed by atoms with Crippen LogP contribution in [0.5, 0.6) is 5.75 Å². The monoisotopic (exact) mass is 370 g/mol. The number of hydrogen-bond acceptors (Lipinski definition) is 5. The number of hydrogen-bond donors (Lipinski definition) is 1. The molecule has 0 aliphatic carbocycles. The van der Waals surface area contributed by atoms with Crippen molar-refractivity contribution < 1.29 is 14.6 Å². The van der Waals surface area contributed by atoms with E-state index in [0.717, 1.165) is 48.6 Å². The molecule has 5 heteroatoms. The third-order valence-corrected chi connectivity index (χ3v) is 6.75. The summed E-state index contributed by atoms with van der Waals surface area (Å²) in [5.41, 5.74) is 2.88. The van der Waals surface area contributed by atoms with Crippen molar-refractivity contribution in [1.82, 2.24) is 4.90 Å². The first-order chi connectivity index (χ1) is 13.0. The molecule has 0 spiro atoms. The van der Waals surface area contributed by atoms with Crippen LogP contribution >= 0.6 is 0 Å². The van der Waals surface area contributed by atoms with Gasteiger partial charge in [-0.1, -0.05) is 19.4 Å². The summed E-state index contributed by atoms with van der Waals surface area (Å²) in [6, 6.07) is 6.01. The van der Waals surface area contributed by atoms with Crippen LogP contribution in [0.3, 0.4) is 0 Å². The summed E-state index contributed by atoms with van der Waals surface area (Å²) >= 11 is 0. The highest BCUT2D eigenvalue weighted by Crippen LogP contribution is 2.51. The molecule has 3 heterocycles. The molecule has 146 valence electrons. The van der Waals surface area contributed by atoms with E-state index < -0.39 is 5.60 Å². The van der Waals surface area contributed by atoms with Gasteiger partial charge in [-0.25, -0.2) is 0 Å². The Morgan fingerprint density at radius 1 is 1.41 bits per heavy atom. The number of rotatable bonds is 4. The Labute approximate surface area is 161 Å². The molecule has 1 aromatic carbocycles. The molecule has 2 saturated heterocycles. The van der Waals surface area contributed by atoms with E-state index >= 15 is 0 Å². The van der Waals surface area contributed by atoms with Crippen molar-refractivity contribution in [2.45, 2.75) is 44.8 Å². The topological polar surface area (TPSA) is 54.3 Å². The summed E-state index contributed by atoms with van der Waals surface area (Å²) in [5, 5.41) is 11.7. The zero-order valence-corrected chi connectivity index (χ0v) is 16.7. The van der Waals surface area contributed by atoms with E-state index in [-0.39, 0.29) is 6.04 Å². The second-order valence-corrected chi connectivity index (χ2v) is 8.08. The van der Waals surface area contributed by atoms with E-state index in [9.17, 15) is 5.11 Å². The first kappa shape index (κ1) is 18.5. The summed E-state index contributed by atoms with van der Waals surface area (Å²) in [4.78, 5) is 7.45. The normalized spacial score (nSPS) is 33.0. The predicted octanol–water partition coefficient (Wildman–Crippen LogP) is 3.64. The third-order valence-electron chi connectivity index (χ3n) is 6.75. The van der Waals surface area contributed by atoms with Gasteiger partial charge in [0.2, 0.25) is 0 Å². The SMILES string of the molecule is CC[C@@H]1CN2CC[C@]3(O)C(=Nc4cccc(OC)c43)[C@H]2C[C@@H]1/C(C)=C\OC. The van der Waals surface area contributed by atoms with Gasteiger partial charge in [-0.3, -0.25) is 9.89 Å². The molecule has 2 fully saturated rings. The number of piperidine rings is 2. The summed E-state index contributed by atoms with van der Waals surface area (Å²) in [7, 11) is 3.37.